The van der Waals surface area contributed by atoms with Gasteiger partial charge in [-0.05, 0) is 57.5 Å². The van der Waals surface area contributed by atoms with Crippen LogP contribution in [0.15, 0.2) is 66.9 Å². The summed E-state index contributed by atoms with van der Waals surface area (Å²) in [5.41, 5.74) is 1.84. The number of amides is 3. The molecule has 0 spiro atoms. The van der Waals surface area contributed by atoms with E-state index in [1.807, 2.05) is 0 Å². The predicted molar refractivity (Wildman–Crippen MR) is 169 cm³/mol. The summed E-state index contributed by atoms with van der Waals surface area (Å²) in [4.78, 5) is 54.6. The van der Waals surface area contributed by atoms with Crippen LogP contribution in [0.25, 0.3) is 10.9 Å². The summed E-state index contributed by atoms with van der Waals surface area (Å²) in [5.74, 6) is -4.18. The highest BCUT2D eigenvalue weighted by Crippen LogP contribution is 2.23. The molecule has 9 nitrogen and oxygen atoms in total. The summed E-state index contributed by atoms with van der Waals surface area (Å²) >= 11 is 0. The first-order valence-electron chi connectivity index (χ1n) is 15.1. The van der Waals surface area contributed by atoms with E-state index in [9.17, 15) is 32.3 Å². The molecule has 3 rings (SSSR count). The van der Waals surface area contributed by atoms with Gasteiger partial charge in [0.25, 0.3) is 5.78 Å². The standard InChI is InChI=1S/C27H31F3N4O4.C6H13N/c1-4-6-7-10-17(3)13-22(34-23(35)5-2)26(38)32-16-24(36)33-21(25(37)27(28,29)30)14-18-15-31-20-12-9-8-11-19(18)20;1-2-7-5-3-4-6-7/h4,6-12,15,21-22,31H,1,5,13-14,16H2,2-3H3,(H,32,38)(H,33,36)(H,34,35);2-6H2,1H3/b7-6-,17-10+;. The first-order chi connectivity index (χ1) is 21.4. The highest BCUT2D eigenvalue weighted by Gasteiger charge is 2.44. The number of hydrogen-bond acceptors (Lipinski definition) is 5. The number of hydrogen-bond donors (Lipinski definition) is 4. The normalized spacial score (nSPS) is 15.2. The number of carbonyl (C=O) groups excluding carboxylic acids is 4. The van der Waals surface area contributed by atoms with Gasteiger partial charge in [-0.3, -0.25) is 19.2 Å². The summed E-state index contributed by atoms with van der Waals surface area (Å²) < 4.78 is 39.8. The SMILES string of the molecule is C=C/C=C\C=C(/C)CC(NC(=O)CC)C(=O)NCC(=O)NC(Cc1c[nH]c2ccccc12)C(=O)C(F)(F)F.CCN1CCCC1. The van der Waals surface area contributed by atoms with E-state index in [-0.39, 0.29) is 12.8 Å². The number of nitrogens with zero attached hydrogens (tertiary/aromatic N) is 1. The summed E-state index contributed by atoms with van der Waals surface area (Å²) in [7, 11) is 0. The van der Waals surface area contributed by atoms with E-state index in [0.717, 1.165) is 5.57 Å². The van der Waals surface area contributed by atoms with Crippen LogP contribution in [0.4, 0.5) is 13.2 Å². The molecule has 3 amide bonds. The molecular formula is C33H44F3N5O4. The fraction of sp³-hybridized carbons (Fsp3) is 0.455. The second-order valence-electron chi connectivity index (χ2n) is 10.7. The Balaban J connectivity index is 0.000000883. The number of para-hydroxylation sites is 1. The summed E-state index contributed by atoms with van der Waals surface area (Å²) in [6.45, 7) is 12.4. The number of nitrogens with one attached hydrogen (secondary N) is 4. The van der Waals surface area contributed by atoms with Crippen LogP contribution in [0, 0.1) is 0 Å². The molecule has 4 N–H and O–H groups in total. The van der Waals surface area contributed by atoms with Crippen LogP contribution in [-0.2, 0) is 25.6 Å². The smallest absolute Gasteiger partial charge is 0.361 e. The second-order valence-corrected chi connectivity index (χ2v) is 10.7. The molecule has 2 aromatic rings. The summed E-state index contributed by atoms with van der Waals surface area (Å²) in [6.07, 6.45) is 5.70. The van der Waals surface area contributed by atoms with E-state index in [2.05, 4.69) is 39.3 Å². The van der Waals surface area contributed by atoms with E-state index < -0.39 is 54.7 Å². The number of likely N-dealkylation sites (tertiary alicyclic amines) is 1. The molecule has 0 aliphatic carbocycles. The number of benzene rings is 1. The molecule has 1 aliphatic rings. The maximum atomic E-state index is 13.3. The van der Waals surface area contributed by atoms with Crippen molar-refractivity contribution < 1.29 is 32.3 Å². The number of aromatic nitrogens is 1. The van der Waals surface area contributed by atoms with E-state index in [4.69, 9.17) is 0 Å². The molecule has 2 heterocycles. The zero-order valence-corrected chi connectivity index (χ0v) is 26.1. The summed E-state index contributed by atoms with van der Waals surface area (Å²) in [6, 6.07) is 3.96. The Bertz CT molecular complexity index is 1360. The van der Waals surface area contributed by atoms with Gasteiger partial charge in [-0.15, -0.1) is 0 Å². The van der Waals surface area contributed by atoms with Crippen molar-refractivity contribution in [3.8, 4) is 0 Å². The van der Waals surface area contributed by atoms with Gasteiger partial charge in [0.05, 0.1) is 6.54 Å². The fourth-order valence-corrected chi connectivity index (χ4v) is 4.76. The van der Waals surface area contributed by atoms with Gasteiger partial charge in [0.2, 0.25) is 17.7 Å². The maximum absolute atomic E-state index is 13.3. The van der Waals surface area contributed by atoms with Gasteiger partial charge in [-0.25, -0.2) is 0 Å². The number of alkyl halides is 3. The first-order valence-corrected chi connectivity index (χ1v) is 15.1. The Labute approximate surface area is 262 Å². The lowest BCUT2D eigenvalue weighted by atomic mass is 10.0. The third-order valence-electron chi connectivity index (χ3n) is 7.23. The monoisotopic (exact) mass is 631 g/mol. The number of aromatic amines is 1. The van der Waals surface area contributed by atoms with Crippen molar-refractivity contribution in [2.45, 2.75) is 71.1 Å². The van der Waals surface area contributed by atoms with Crippen molar-refractivity contribution in [2.24, 2.45) is 0 Å². The highest BCUT2D eigenvalue weighted by molar-refractivity contribution is 5.95. The van der Waals surface area contributed by atoms with E-state index in [0.29, 0.717) is 16.5 Å². The van der Waals surface area contributed by atoms with E-state index in [1.165, 1.54) is 38.7 Å². The molecule has 12 heteroatoms. The Hall–Kier alpha value is -4.19. The van der Waals surface area contributed by atoms with Crippen molar-refractivity contribution in [1.29, 1.82) is 0 Å². The molecule has 45 heavy (non-hydrogen) atoms. The van der Waals surface area contributed by atoms with Crippen LogP contribution < -0.4 is 16.0 Å². The molecule has 246 valence electrons. The number of H-pyrrole nitrogens is 1. The van der Waals surface area contributed by atoms with Crippen molar-refractivity contribution >= 4 is 34.4 Å². The molecule has 2 unspecified atom stereocenters. The van der Waals surface area contributed by atoms with Crippen LogP contribution in [0.2, 0.25) is 0 Å². The van der Waals surface area contributed by atoms with Gasteiger partial charge in [0, 0.05) is 29.9 Å². The lowest BCUT2D eigenvalue weighted by Crippen LogP contribution is -2.52. The molecule has 0 bridgehead atoms. The molecule has 0 radical (unpaired) electrons. The van der Waals surface area contributed by atoms with Gasteiger partial charge in [0.15, 0.2) is 0 Å². The number of halogens is 3. The molecule has 2 atom stereocenters. The fourth-order valence-electron chi connectivity index (χ4n) is 4.76. The molecule has 1 fully saturated rings. The third kappa shape index (κ3) is 12.8. The average molecular weight is 632 g/mol. The molecule has 1 aromatic carbocycles. The van der Waals surface area contributed by atoms with E-state index >= 15 is 0 Å². The Morgan fingerprint density at radius 2 is 1.69 bits per heavy atom. The highest BCUT2D eigenvalue weighted by atomic mass is 19.4. The van der Waals surface area contributed by atoms with Gasteiger partial charge in [0.1, 0.15) is 12.1 Å². The number of rotatable bonds is 14. The Kier molecular flexibility index (Phi) is 15.3. The number of Topliss-reactive ketones (excluding diaryl/α,β-unsaturated/α-hetero) is 1. The third-order valence-corrected chi connectivity index (χ3v) is 7.23. The van der Waals surface area contributed by atoms with Gasteiger partial charge >= 0.3 is 6.18 Å². The number of fused-ring (bicyclic) bond motifs is 1. The quantitative estimate of drug-likeness (QED) is 0.229. The predicted octanol–water partition coefficient (Wildman–Crippen LogP) is 4.52. The van der Waals surface area contributed by atoms with Crippen LogP contribution >= 0.6 is 0 Å². The number of ketones is 1. The molecule has 0 saturated carbocycles. The minimum absolute atomic E-state index is 0.123. The maximum Gasteiger partial charge on any atom is 0.452 e. The molecule has 1 saturated heterocycles. The number of allylic oxidation sites excluding steroid dienone is 4. The largest absolute Gasteiger partial charge is 0.452 e. The zero-order valence-electron chi connectivity index (χ0n) is 26.1. The number of carbonyl (C=O) groups is 4. The van der Waals surface area contributed by atoms with Gasteiger partial charge in [-0.2, -0.15) is 13.2 Å². The Morgan fingerprint density at radius 1 is 1.02 bits per heavy atom. The van der Waals surface area contributed by atoms with Crippen LogP contribution in [0.5, 0.6) is 0 Å². The summed E-state index contributed by atoms with van der Waals surface area (Å²) in [5, 5.41) is 7.61. The van der Waals surface area contributed by atoms with Crippen molar-refractivity contribution in [1.82, 2.24) is 25.8 Å². The van der Waals surface area contributed by atoms with Crippen molar-refractivity contribution in [3.05, 3.63) is 72.5 Å². The van der Waals surface area contributed by atoms with Crippen LogP contribution in [0.3, 0.4) is 0 Å². The Morgan fingerprint density at radius 3 is 2.29 bits per heavy atom. The minimum Gasteiger partial charge on any atom is -0.361 e. The molecule has 1 aromatic heterocycles. The zero-order chi connectivity index (χ0) is 33.4. The minimum atomic E-state index is -5.17. The van der Waals surface area contributed by atoms with E-state index in [1.54, 1.807) is 62.4 Å². The van der Waals surface area contributed by atoms with Crippen LogP contribution in [0.1, 0.15) is 52.0 Å². The van der Waals surface area contributed by atoms with Crippen molar-refractivity contribution in [3.63, 3.8) is 0 Å². The second kappa shape index (κ2) is 18.6. The van der Waals surface area contributed by atoms with Crippen molar-refractivity contribution in [2.75, 3.05) is 26.2 Å². The lowest BCUT2D eigenvalue weighted by molar-refractivity contribution is -0.173. The van der Waals surface area contributed by atoms with Gasteiger partial charge < -0.3 is 25.8 Å². The van der Waals surface area contributed by atoms with Crippen LogP contribution in [-0.4, -0.2) is 77.8 Å². The average Bonchev–Trinajstić information content (AvgIpc) is 3.69. The molecular weight excluding hydrogens is 587 g/mol. The van der Waals surface area contributed by atoms with Gasteiger partial charge in [-0.1, -0.05) is 68.5 Å². The lowest BCUT2D eigenvalue weighted by Gasteiger charge is -2.21. The first kappa shape index (κ1) is 37.0. The topological polar surface area (TPSA) is 123 Å². The molecule has 1 aliphatic heterocycles.